The zero-order chi connectivity index (χ0) is 15.7. The standard InChI is InChI=1S/C12H11Cl3N2O4/c1-21-12(20)7-2-5(18)4-17(7)11(19)10-9(15)8(14)6(13)3-16-10/h3,5,7,18H,2,4H2,1H3. The van der Waals surface area contributed by atoms with Gasteiger partial charge in [-0.1, -0.05) is 34.8 Å². The van der Waals surface area contributed by atoms with E-state index in [-0.39, 0.29) is 33.7 Å². The molecule has 1 aliphatic heterocycles. The number of methoxy groups -OCH3 is 1. The van der Waals surface area contributed by atoms with E-state index in [4.69, 9.17) is 34.8 Å². The van der Waals surface area contributed by atoms with Crippen molar-refractivity contribution in [3.05, 3.63) is 27.0 Å². The van der Waals surface area contributed by atoms with Gasteiger partial charge in [-0.05, 0) is 0 Å². The summed E-state index contributed by atoms with van der Waals surface area (Å²) in [5, 5.41) is 9.70. The second kappa shape index (κ2) is 6.36. The third-order valence-corrected chi connectivity index (χ3v) is 4.37. The Hall–Kier alpha value is -1.08. The van der Waals surface area contributed by atoms with Crippen molar-refractivity contribution in [3.63, 3.8) is 0 Å². The highest BCUT2D eigenvalue weighted by Crippen LogP contribution is 2.32. The van der Waals surface area contributed by atoms with Crippen LogP contribution >= 0.6 is 34.8 Å². The predicted octanol–water partition coefficient (Wildman–Crippen LogP) is 1.79. The van der Waals surface area contributed by atoms with E-state index >= 15 is 0 Å². The zero-order valence-corrected chi connectivity index (χ0v) is 13.1. The van der Waals surface area contributed by atoms with Crippen LogP contribution in [0.2, 0.25) is 15.1 Å². The molecule has 2 atom stereocenters. The van der Waals surface area contributed by atoms with E-state index in [0.717, 1.165) is 4.90 Å². The van der Waals surface area contributed by atoms with Crippen molar-refractivity contribution >= 4 is 46.7 Å². The summed E-state index contributed by atoms with van der Waals surface area (Å²) in [5.74, 6) is -1.23. The number of esters is 1. The first kappa shape index (κ1) is 16.3. The van der Waals surface area contributed by atoms with Crippen LogP contribution in [0.25, 0.3) is 0 Å². The lowest BCUT2D eigenvalue weighted by Crippen LogP contribution is -2.41. The Morgan fingerprint density at radius 1 is 1.38 bits per heavy atom. The summed E-state index contributed by atoms with van der Waals surface area (Å²) in [6.07, 6.45) is 0.472. The molecule has 2 heterocycles. The predicted molar refractivity (Wildman–Crippen MR) is 76.7 cm³/mol. The molecule has 0 radical (unpaired) electrons. The number of hydrogen-bond donors (Lipinski definition) is 1. The molecule has 0 spiro atoms. The minimum Gasteiger partial charge on any atom is -0.467 e. The van der Waals surface area contributed by atoms with Crippen molar-refractivity contribution in [2.24, 2.45) is 0 Å². The van der Waals surface area contributed by atoms with Crippen LogP contribution in [0.15, 0.2) is 6.20 Å². The number of aromatic nitrogens is 1. The molecule has 2 unspecified atom stereocenters. The maximum absolute atomic E-state index is 12.5. The van der Waals surface area contributed by atoms with E-state index in [9.17, 15) is 14.7 Å². The van der Waals surface area contributed by atoms with Gasteiger partial charge in [-0.15, -0.1) is 0 Å². The van der Waals surface area contributed by atoms with Crippen LogP contribution in [0.3, 0.4) is 0 Å². The number of β-amino-alcohol motifs (C(OH)–C–C–N with tert-alkyl or cyclic N) is 1. The van der Waals surface area contributed by atoms with Gasteiger partial charge in [0.05, 0.1) is 28.3 Å². The number of carbonyl (C=O) groups excluding carboxylic acids is 2. The molecule has 1 aromatic rings. The lowest BCUT2D eigenvalue weighted by atomic mass is 10.2. The van der Waals surface area contributed by atoms with Crippen LogP contribution in [0.1, 0.15) is 16.9 Å². The number of aliphatic hydroxyl groups excluding tert-OH is 1. The number of halogens is 3. The molecule has 0 bridgehead atoms. The Kier molecular flexibility index (Phi) is 4.93. The first-order chi connectivity index (χ1) is 9.86. The average Bonchev–Trinajstić information content (AvgIpc) is 2.85. The van der Waals surface area contributed by atoms with Gasteiger partial charge in [-0.2, -0.15) is 0 Å². The van der Waals surface area contributed by atoms with Gasteiger partial charge in [-0.3, -0.25) is 4.79 Å². The van der Waals surface area contributed by atoms with Crippen LogP contribution in [-0.2, 0) is 9.53 Å². The molecule has 1 saturated heterocycles. The van der Waals surface area contributed by atoms with Gasteiger partial charge in [0, 0.05) is 19.2 Å². The maximum Gasteiger partial charge on any atom is 0.328 e. The fourth-order valence-corrected chi connectivity index (χ4v) is 2.69. The Morgan fingerprint density at radius 2 is 2.05 bits per heavy atom. The van der Waals surface area contributed by atoms with Gasteiger partial charge in [0.25, 0.3) is 5.91 Å². The van der Waals surface area contributed by atoms with Gasteiger partial charge in [0.1, 0.15) is 11.7 Å². The number of nitrogens with zero attached hydrogens (tertiary/aromatic N) is 2. The number of likely N-dealkylation sites (tertiary alicyclic amines) is 1. The molecule has 1 amide bonds. The molecule has 0 aliphatic carbocycles. The molecular formula is C12H11Cl3N2O4. The van der Waals surface area contributed by atoms with Gasteiger partial charge < -0.3 is 14.7 Å². The van der Waals surface area contributed by atoms with Gasteiger partial charge >= 0.3 is 5.97 Å². The molecule has 0 saturated carbocycles. The molecule has 1 aromatic heterocycles. The van der Waals surface area contributed by atoms with Crippen molar-refractivity contribution in [3.8, 4) is 0 Å². The minimum absolute atomic E-state index is 0.00560. The smallest absolute Gasteiger partial charge is 0.328 e. The van der Waals surface area contributed by atoms with Crippen LogP contribution in [0.4, 0.5) is 0 Å². The molecule has 0 aromatic carbocycles. The molecule has 9 heteroatoms. The molecule has 1 fully saturated rings. The average molecular weight is 354 g/mol. The van der Waals surface area contributed by atoms with Crippen molar-refractivity contribution in [1.29, 1.82) is 0 Å². The first-order valence-electron chi connectivity index (χ1n) is 5.93. The van der Waals surface area contributed by atoms with Crippen molar-refractivity contribution in [2.45, 2.75) is 18.6 Å². The van der Waals surface area contributed by atoms with E-state index in [0.29, 0.717) is 0 Å². The monoisotopic (exact) mass is 352 g/mol. The van der Waals surface area contributed by atoms with Gasteiger partial charge in [0.2, 0.25) is 0 Å². The lowest BCUT2D eigenvalue weighted by Gasteiger charge is -2.22. The van der Waals surface area contributed by atoms with E-state index in [2.05, 4.69) is 9.72 Å². The molecular weight excluding hydrogens is 343 g/mol. The minimum atomic E-state index is -0.884. The fourth-order valence-electron chi connectivity index (χ4n) is 2.13. The maximum atomic E-state index is 12.5. The number of hydrogen-bond acceptors (Lipinski definition) is 5. The summed E-state index contributed by atoms with van der Waals surface area (Å²) in [6, 6.07) is -0.884. The summed E-state index contributed by atoms with van der Waals surface area (Å²) in [4.78, 5) is 29.2. The van der Waals surface area contributed by atoms with Gasteiger partial charge in [0.15, 0.2) is 0 Å². The van der Waals surface area contributed by atoms with E-state index in [1.54, 1.807) is 0 Å². The van der Waals surface area contributed by atoms with E-state index in [1.165, 1.54) is 13.3 Å². The number of rotatable bonds is 2. The molecule has 114 valence electrons. The van der Waals surface area contributed by atoms with Crippen molar-refractivity contribution < 1.29 is 19.4 Å². The number of carbonyl (C=O) groups is 2. The topological polar surface area (TPSA) is 79.7 Å². The Balaban J connectivity index is 2.35. The number of aliphatic hydroxyl groups is 1. The summed E-state index contributed by atoms with van der Waals surface area (Å²) in [7, 11) is 1.21. The van der Waals surface area contributed by atoms with E-state index < -0.39 is 24.0 Å². The van der Waals surface area contributed by atoms with Crippen LogP contribution in [0.5, 0.6) is 0 Å². The van der Waals surface area contributed by atoms with Crippen molar-refractivity contribution in [1.82, 2.24) is 9.88 Å². The summed E-state index contributed by atoms with van der Waals surface area (Å²) >= 11 is 17.6. The second-order valence-corrected chi connectivity index (χ2v) is 5.63. The largest absolute Gasteiger partial charge is 0.467 e. The normalized spacial score (nSPS) is 21.5. The highest BCUT2D eigenvalue weighted by molar-refractivity contribution is 6.48. The third-order valence-electron chi connectivity index (χ3n) is 3.13. The first-order valence-corrected chi connectivity index (χ1v) is 7.06. The molecule has 1 aliphatic rings. The van der Waals surface area contributed by atoms with Crippen LogP contribution < -0.4 is 0 Å². The van der Waals surface area contributed by atoms with Crippen molar-refractivity contribution in [2.75, 3.05) is 13.7 Å². The SMILES string of the molecule is COC(=O)C1CC(O)CN1C(=O)c1ncc(Cl)c(Cl)c1Cl. The summed E-state index contributed by atoms with van der Waals surface area (Å²) < 4.78 is 4.63. The second-order valence-electron chi connectivity index (χ2n) is 4.47. The lowest BCUT2D eigenvalue weighted by molar-refractivity contribution is -0.145. The fraction of sp³-hybridized carbons (Fsp3) is 0.417. The molecule has 6 nitrogen and oxygen atoms in total. The summed E-state index contributed by atoms with van der Waals surface area (Å²) in [6.45, 7) is -0.0170. The Labute approximate surface area is 135 Å². The number of amides is 1. The Morgan fingerprint density at radius 3 is 2.67 bits per heavy atom. The quantitative estimate of drug-likeness (QED) is 0.820. The number of ether oxygens (including phenoxy) is 1. The highest BCUT2D eigenvalue weighted by atomic mass is 35.5. The zero-order valence-electron chi connectivity index (χ0n) is 10.8. The van der Waals surface area contributed by atoms with Crippen LogP contribution in [-0.4, -0.2) is 52.7 Å². The van der Waals surface area contributed by atoms with Gasteiger partial charge in [-0.25, -0.2) is 9.78 Å². The van der Waals surface area contributed by atoms with E-state index in [1.807, 2.05) is 0 Å². The third kappa shape index (κ3) is 3.08. The molecule has 1 N–H and O–H groups in total. The molecule has 2 rings (SSSR count). The highest BCUT2D eigenvalue weighted by Gasteiger charge is 2.41. The Bertz CT molecular complexity index is 596. The molecule has 21 heavy (non-hydrogen) atoms. The summed E-state index contributed by atoms with van der Waals surface area (Å²) in [5.41, 5.74) is -0.130. The number of pyridine rings is 1. The van der Waals surface area contributed by atoms with Crippen LogP contribution in [0, 0.1) is 0 Å².